The number of hydrogen-bond donors (Lipinski definition) is 1. The topological polar surface area (TPSA) is 34.2 Å². The molecule has 0 unspecified atom stereocenters. The van der Waals surface area contributed by atoms with E-state index in [0.29, 0.717) is 0 Å². The van der Waals surface area contributed by atoms with Crippen molar-refractivity contribution in [2.45, 2.75) is 55.4 Å². The standard InChI is InChI=1S/C23H30N4/c1-13-10-11-22(24-26-18(6)14(2)15(3)19(26)7)23(12-13)25-27-20(8)16(4)17(5)21(27)9/h10-12,25H,1H2,2-9H3/b24-22+. The van der Waals surface area contributed by atoms with Gasteiger partial charge in [-0.15, -0.1) is 0 Å². The Bertz CT molecular complexity index is 985. The Hall–Kier alpha value is -2.75. The summed E-state index contributed by atoms with van der Waals surface area (Å²) in [6.07, 6.45) is 6.09. The van der Waals surface area contributed by atoms with Gasteiger partial charge in [0.15, 0.2) is 0 Å². The summed E-state index contributed by atoms with van der Waals surface area (Å²) >= 11 is 0. The molecule has 1 aliphatic carbocycles. The fraction of sp³-hybridized carbons (Fsp3) is 0.348. The summed E-state index contributed by atoms with van der Waals surface area (Å²) in [4.78, 5) is 0. The van der Waals surface area contributed by atoms with Gasteiger partial charge in [0.25, 0.3) is 0 Å². The van der Waals surface area contributed by atoms with Crippen molar-refractivity contribution in [1.29, 1.82) is 0 Å². The van der Waals surface area contributed by atoms with Gasteiger partial charge >= 0.3 is 0 Å². The van der Waals surface area contributed by atoms with Crippen LogP contribution in [-0.4, -0.2) is 15.1 Å². The minimum atomic E-state index is 0.895. The van der Waals surface area contributed by atoms with Crippen molar-refractivity contribution in [2.75, 3.05) is 5.43 Å². The van der Waals surface area contributed by atoms with Gasteiger partial charge in [-0.2, -0.15) is 5.10 Å². The minimum Gasteiger partial charge on any atom is -0.292 e. The summed E-state index contributed by atoms with van der Waals surface area (Å²) < 4.78 is 4.18. The molecule has 2 heterocycles. The first-order valence-corrected chi connectivity index (χ1v) is 9.38. The maximum atomic E-state index is 4.96. The van der Waals surface area contributed by atoms with Crippen LogP contribution in [0.15, 0.2) is 41.2 Å². The van der Waals surface area contributed by atoms with Gasteiger partial charge in [-0.05, 0) is 95.4 Å². The Morgan fingerprint density at radius 3 is 1.74 bits per heavy atom. The third-order valence-corrected chi connectivity index (χ3v) is 6.10. The predicted octanol–water partition coefficient (Wildman–Crippen LogP) is 5.21. The molecule has 0 aromatic carbocycles. The van der Waals surface area contributed by atoms with Crippen LogP contribution >= 0.6 is 0 Å². The molecule has 0 spiro atoms. The van der Waals surface area contributed by atoms with E-state index in [4.69, 9.17) is 5.10 Å². The zero-order valence-corrected chi connectivity index (χ0v) is 17.8. The summed E-state index contributed by atoms with van der Waals surface area (Å²) in [5, 5.41) is 4.96. The number of aromatic nitrogens is 2. The zero-order valence-electron chi connectivity index (χ0n) is 17.8. The maximum Gasteiger partial charge on any atom is 0.109 e. The van der Waals surface area contributed by atoms with Crippen molar-refractivity contribution in [2.24, 2.45) is 5.10 Å². The third-order valence-electron chi connectivity index (χ3n) is 6.10. The monoisotopic (exact) mass is 362 g/mol. The third kappa shape index (κ3) is 3.09. The number of allylic oxidation sites excluding steroid dienone is 4. The van der Waals surface area contributed by atoms with Crippen molar-refractivity contribution < 1.29 is 0 Å². The largest absolute Gasteiger partial charge is 0.292 e. The van der Waals surface area contributed by atoms with Gasteiger partial charge in [0.05, 0.1) is 5.70 Å². The molecule has 0 aliphatic heterocycles. The van der Waals surface area contributed by atoms with E-state index in [1.807, 2.05) is 16.8 Å². The Morgan fingerprint density at radius 1 is 0.741 bits per heavy atom. The second-order valence-corrected chi connectivity index (χ2v) is 7.55. The molecule has 4 heteroatoms. The van der Waals surface area contributed by atoms with E-state index >= 15 is 0 Å². The molecular formula is C23H30N4. The summed E-state index contributed by atoms with van der Waals surface area (Å²) in [6, 6.07) is 0. The van der Waals surface area contributed by atoms with Crippen LogP contribution in [-0.2, 0) is 0 Å². The summed E-state index contributed by atoms with van der Waals surface area (Å²) in [5.74, 6) is 0. The van der Waals surface area contributed by atoms with E-state index < -0.39 is 0 Å². The lowest BCUT2D eigenvalue weighted by atomic mass is 10.1. The molecule has 0 atom stereocenters. The van der Waals surface area contributed by atoms with Gasteiger partial charge in [-0.1, -0.05) is 12.7 Å². The van der Waals surface area contributed by atoms with E-state index in [2.05, 4.69) is 78.1 Å². The van der Waals surface area contributed by atoms with Gasteiger partial charge in [0, 0.05) is 22.8 Å². The highest BCUT2D eigenvalue weighted by atomic mass is 15.4. The fourth-order valence-electron chi connectivity index (χ4n) is 3.55. The fourth-order valence-corrected chi connectivity index (χ4v) is 3.55. The molecule has 0 saturated heterocycles. The van der Waals surface area contributed by atoms with Crippen molar-refractivity contribution in [1.82, 2.24) is 9.35 Å². The van der Waals surface area contributed by atoms with Crippen LogP contribution in [0.1, 0.15) is 45.0 Å². The highest BCUT2D eigenvalue weighted by Gasteiger charge is 2.17. The lowest BCUT2D eigenvalue weighted by Gasteiger charge is -2.19. The summed E-state index contributed by atoms with van der Waals surface area (Å²) in [5.41, 5.74) is 16.4. The molecule has 0 radical (unpaired) electrons. The normalized spacial score (nSPS) is 15.6. The number of nitrogens with one attached hydrogen (secondary N) is 1. The molecule has 3 rings (SSSR count). The van der Waals surface area contributed by atoms with Crippen LogP contribution in [0.5, 0.6) is 0 Å². The number of rotatable bonds is 3. The lowest BCUT2D eigenvalue weighted by Crippen LogP contribution is -2.24. The van der Waals surface area contributed by atoms with Gasteiger partial charge in [-0.3, -0.25) is 10.1 Å². The molecule has 1 aliphatic rings. The van der Waals surface area contributed by atoms with Crippen LogP contribution in [0.3, 0.4) is 0 Å². The van der Waals surface area contributed by atoms with Crippen LogP contribution < -0.4 is 5.43 Å². The van der Waals surface area contributed by atoms with E-state index in [9.17, 15) is 0 Å². The Labute approximate surface area is 162 Å². The molecule has 1 N–H and O–H groups in total. The zero-order chi connectivity index (χ0) is 20.0. The predicted molar refractivity (Wildman–Crippen MR) is 115 cm³/mol. The Balaban J connectivity index is 2.08. The molecular weight excluding hydrogens is 332 g/mol. The molecule has 27 heavy (non-hydrogen) atoms. The first-order chi connectivity index (χ1) is 12.6. The SMILES string of the molecule is C=C1C=C/C(=N\n2c(C)c(C)c(C)c2C)C(Nn2c(C)c(C)c(C)c2C)=C1. The van der Waals surface area contributed by atoms with E-state index in [-0.39, 0.29) is 0 Å². The second kappa shape index (κ2) is 6.76. The van der Waals surface area contributed by atoms with Crippen molar-refractivity contribution >= 4 is 5.71 Å². The molecule has 2 aromatic rings. The van der Waals surface area contributed by atoms with Crippen LogP contribution in [0, 0.1) is 55.4 Å². The highest BCUT2D eigenvalue weighted by Crippen LogP contribution is 2.23. The second-order valence-electron chi connectivity index (χ2n) is 7.55. The van der Waals surface area contributed by atoms with E-state index in [0.717, 1.165) is 17.0 Å². The average molecular weight is 363 g/mol. The van der Waals surface area contributed by atoms with Gasteiger partial charge in [0.2, 0.25) is 0 Å². The summed E-state index contributed by atoms with van der Waals surface area (Å²) in [7, 11) is 0. The first kappa shape index (κ1) is 19.0. The lowest BCUT2D eigenvalue weighted by molar-refractivity contribution is 0.804. The first-order valence-electron chi connectivity index (χ1n) is 9.38. The van der Waals surface area contributed by atoms with Gasteiger partial charge < -0.3 is 0 Å². The number of nitrogens with zero attached hydrogens (tertiary/aromatic N) is 3. The molecule has 0 saturated carbocycles. The highest BCUT2D eigenvalue weighted by molar-refractivity contribution is 6.11. The Morgan fingerprint density at radius 2 is 1.22 bits per heavy atom. The summed E-state index contributed by atoms with van der Waals surface area (Å²) in [6.45, 7) is 21.2. The quantitative estimate of drug-likeness (QED) is 0.798. The van der Waals surface area contributed by atoms with Crippen LogP contribution in [0.2, 0.25) is 0 Å². The average Bonchev–Trinajstić information content (AvgIpc) is 2.93. The number of hydrogen-bond acceptors (Lipinski definition) is 2. The van der Waals surface area contributed by atoms with Crippen molar-refractivity contribution in [3.05, 3.63) is 81.1 Å². The molecule has 142 valence electrons. The molecule has 0 bridgehead atoms. The molecule has 0 amide bonds. The van der Waals surface area contributed by atoms with Crippen molar-refractivity contribution in [3.63, 3.8) is 0 Å². The smallest absolute Gasteiger partial charge is 0.109 e. The molecule has 2 aromatic heterocycles. The molecule has 4 nitrogen and oxygen atoms in total. The van der Waals surface area contributed by atoms with Crippen molar-refractivity contribution in [3.8, 4) is 0 Å². The van der Waals surface area contributed by atoms with Gasteiger partial charge in [0.1, 0.15) is 5.71 Å². The van der Waals surface area contributed by atoms with Crippen LogP contribution in [0.4, 0.5) is 0 Å². The van der Waals surface area contributed by atoms with E-state index in [1.165, 1.54) is 45.0 Å². The minimum absolute atomic E-state index is 0.895. The van der Waals surface area contributed by atoms with E-state index in [1.54, 1.807) is 0 Å². The van der Waals surface area contributed by atoms with Gasteiger partial charge in [-0.25, -0.2) is 4.68 Å². The maximum absolute atomic E-state index is 4.96. The van der Waals surface area contributed by atoms with Crippen LogP contribution in [0.25, 0.3) is 0 Å². The Kier molecular flexibility index (Phi) is 4.77. The molecule has 0 fully saturated rings.